The first-order valence-corrected chi connectivity index (χ1v) is 9.42. The van der Waals surface area contributed by atoms with Crippen LogP contribution in [0.4, 0.5) is 0 Å². The van der Waals surface area contributed by atoms with Gasteiger partial charge in [-0.1, -0.05) is 6.04 Å². The van der Waals surface area contributed by atoms with Crippen molar-refractivity contribution in [3.05, 3.63) is 5.73 Å². The molecule has 0 aliphatic heterocycles. The number of carbonyl (C=O) groups is 11. The van der Waals surface area contributed by atoms with E-state index in [2.05, 4.69) is 5.73 Å². The van der Waals surface area contributed by atoms with Crippen molar-refractivity contribution in [2.24, 2.45) is 0 Å². The molecule has 39 heavy (non-hydrogen) atoms. The van der Waals surface area contributed by atoms with Crippen molar-refractivity contribution in [3.8, 4) is 0 Å². The molecule has 0 radical (unpaired) electrons. The largest absolute Gasteiger partial charge is 0.669 e. The first-order valence-electron chi connectivity index (χ1n) is 9.42. The summed E-state index contributed by atoms with van der Waals surface area (Å²) in [6, 6.07) is -2.94. The lowest BCUT2D eigenvalue weighted by Gasteiger charge is -2.17. The lowest BCUT2D eigenvalue weighted by Crippen LogP contribution is -2.69. The van der Waals surface area contributed by atoms with Gasteiger partial charge in [-0.25, -0.2) is 4.79 Å². The third-order valence-electron chi connectivity index (χ3n) is 3.00. The second kappa shape index (κ2) is 21.9. The van der Waals surface area contributed by atoms with Gasteiger partial charge in [0, 0.05) is 18.8 Å². The van der Waals surface area contributed by atoms with E-state index in [1.165, 1.54) is 0 Å². The summed E-state index contributed by atoms with van der Waals surface area (Å²) >= 11 is 0. The van der Waals surface area contributed by atoms with E-state index in [9.17, 15) is 73.2 Å². The molecule has 0 unspecified atom stereocenters. The first kappa shape index (κ1) is 40.8. The zero-order chi connectivity index (χ0) is 32.0. The summed E-state index contributed by atoms with van der Waals surface area (Å²) in [4.78, 5) is 108. The molecule has 8 N–H and O–H groups in total. The summed E-state index contributed by atoms with van der Waals surface area (Å²) in [6.45, 7) is 0. The van der Waals surface area contributed by atoms with Crippen LogP contribution in [-0.4, -0.2) is 97.6 Å². The fourth-order valence-corrected chi connectivity index (χ4v) is 1.18. The van der Waals surface area contributed by atoms with E-state index in [1.807, 2.05) is 0 Å². The maximum Gasteiger partial charge on any atom is 0.372 e. The van der Waals surface area contributed by atoms with Crippen molar-refractivity contribution < 1.29 is 99.3 Å². The van der Waals surface area contributed by atoms with Gasteiger partial charge in [0.15, 0.2) is 11.6 Å². The van der Waals surface area contributed by atoms with Gasteiger partial charge >= 0.3 is 23.9 Å². The second-order valence-corrected chi connectivity index (χ2v) is 6.30. The topological polar surface area (TPSA) is 412 Å². The van der Waals surface area contributed by atoms with E-state index >= 15 is 0 Å². The summed E-state index contributed by atoms with van der Waals surface area (Å²) in [7, 11) is 0. The Balaban J connectivity index is -0.000000210. The van der Waals surface area contributed by atoms with Crippen LogP contribution in [0.2, 0.25) is 0 Å². The van der Waals surface area contributed by atoms with Gasteiger partial charge in [0.1, 0.15) is 24.4 Å². The smallest absolute Gasteiger partial charge is 0.372 e. The van der Waals surface area contributed by atoms with Crippen molar-refractivity contribution in [2.45, 2.75) is 44.2 Å². The van der Waals surface area contributed by atoms with E-state index in [4.69, 9.17) is 26.2 Å². The van der Waals surface area contributed by atoms with Gasteiger partial charge in [0.2, 0.25) is 5.78 Å². The molecular formula is C18H20N2O19-4. The van der Waals surface area contributed by atoms with E-state index in [0.29, 0.717) is 0 Å². The number of Topliss-reactive ketones (excluding diaryl/α,β-unsaturated/α-hetero) is 3. The molecule has 0 rings (SSSR count). The number of aliphatic carboxylic acids is 8. The van der Waals surface area contributed by atoms with Gasteiger partial charge in [-0.2, -0.15) is 0 Å². The lowest BCUT2D eigenvalue weighted by molar-refractivity contribution is -0.436. The molecule has 0 aromatic carbocycles. The highest BCUT2D eigenvalue weighted by Crippen LogP contribution is 1.92. The first-order chi connectivity index (χ1) is 17.6. The average Bonchev–Trinajstić information content (AvgIpc) is 2.77. The fraction of sp³-hybridized carbons (Fsp3) is 0.389. The summed E-state index contributed by atoms with van der Waals surface area (Å²) in [6.07, 6.45) is -3.31. The quantitative estimate of drug-likeness (QED) is 0.0958. The Bertz CT molecular complexity index is 969. The summed E-state index contributed by atoms with van der Waals surface area (Å²) in [5.41, 5.74) is 9.53. The molecule has 2 atom stereocenters. The number of rotatable bonds is 14. The normalized spacial score (nSPS) is 10.5. The number of quaternary nitrogens is 1. The van der Waals surface area contributed by atoms with Crippen LogP contribution in [0.1, 0.15) is 32.1 Å². The number of carboxylic acid groups (broad SMARTS) is 8. The van der Waals surface area contributed by atoms with Crippen LogP contribution in [0, 0.1) is 0 Å². The van der Waals surface area contributed by atoms with Crippen LogP contribution >= 0.6 is 0 Å². The van der Waals surface area contributed by atoms with Gasteiger partial charge in [-0.3, -0.25) is 28.8 Å². The molecule has 0 aliphatic rings. The molecule has 0 aromatic rings. The van der Waals surface area contributed by atoms with Crippen LogP contribution in [0.15, 0.2) is 0 Å². The van der Waals surface area contributed by atoms with Crippen LogP contribution in [0.3, 0.4) is 0 Å². The predicted octanol–water partition coefficient (Wildman–Crippen LogP) is -9.03. The van der Waals surface area contributed by atoms with Crippen LogP contribution in [0.5, 0.6) is 0 Å². The monoisotopic (exact) mass is 568 g/mol. The Labute approximate surface area is 215 Å². The zero-order valence-electron chi connectivity index (χ0n) is 19.3. The standard InChI is InChI=1S/C5H7NO5.C5H6O5.C4H6NO4.C4H4O5/c6-2(4(8)9)1-3(7)5(10)11;6-3(5(9)10)1-2-4(7)8;2*5-2(4(8)9)1-3(6)7/h2H,1,6H2,(H,8,9)(H,10,11);1-2H2,(H,7,8)(H,9,10);2,5H,1H2,(H,6,7)(H,8,9);1H2,(H,6,7)(H,8,9)/q;;-1;/p-3/t2-;;2-;/m0.0./s1. The molecule has 0 fully saturated rings. The molecule has 21 nitrogen and oxygen atoms in total. The van der Waals surface area contributed by atoms with Gasteiger partial charge < -0.3 is 71.5 Å². The Morgan fingerprint density at radius 3 is 1.23 bits per heavy atom. The number of ketones is 3. The highest BCUT2D eigenvalue weighted by molar-refractivity contribution is 6.34. The molecule has 0 aliphatic carbocycles. The van der Waals surface area contributed by atoms with Crippen molar-refractivity contribution in [1.82, 2.24) is 0 Å². The van der Waals surface area contributed by atoms with E-state index in [1.54, 1.807) is 0 Å². The van der Waals surface area contributed by atoms with Crippen molar-refractivity contribution in [2.75, 3.05) is 0 Å². The molecule has 220 valence electrons. The molecule has 21 heteroatoms. The number of carbonyl (C=O) groups excluding carboxylic acids is 7. The third-order valence-corrected chi connectivity index (χ3v) is 3.00. The number of carboxylic acids is 8. The fourth-order valence-electron chi connectivity index (χ4n) is 1.18. The summed E-state index contributed by atoms with van der Waals surface area (Å²) in [5.74, 6) is -16.4. The molecular weight excluding hydrogens is 548 g/mol. The Morgan fingerprint density at radius 2 is 1.03 bits per heavy atom. The number of hydrogen-bond acceptors (Lipinski definition) is 15. The van der Waals surface area contributed by atoms with Crippen molar-refractivity contribution in [1.29, 1.82) is 0 Å². The molecule has 0 saturated heterocycles. The maximum atomic E-state index is 10.3. The SMILES string of the molecule is O=C(O)CC(=O)C(=O)[O-].O=C(O)CCC(=O)C(=O)[O-].[NH-][C@@H](CC(=O)O)C(=O)[O-].[NH3+][C@@H](CC(=O)C(=O)O)C(=O)[O-]. The van der Waals surface area contributed by atoms with E-state index in [-0.39, 0.29) is 0 Å². The van der Waals surface area contributed by atoms with Gasteiger partial charge in [0.25, 0.3) is 0 Å². The molecule has 0 spiro atoms. The predicted molar refractivity (Wildman–Crippen MR) is 103 cm³/mol. The summed E-state index contributed by atoms with van der Waals surface area (Å²) < 4.78 is 0. The Kier molecular flexibility index (Phi) is 23.0. The Hall–Kier alpha value is -5.31. The maximum absolute atomic E-state index is 10.3. The van der Waals surface area contributed by atoms with E-state index < -0.39 is 109 Å². The molecule has 0 bridgehead atoms. The lowest BCUT2D eigenvalue weighted by atomic mass is 10.1. The van der Waals surface area contributed by atoms with E-state index in [0.717, 1.165) is 0 Å². The van der Waals surface area contributed by atoms with Crippen molar-refractivity contribution in [3.63, 3.8) is 0 Å². The number of hydrogen-bond donors (Lipinski definition) is 5. The summed E-state index contributed by atoms with van der Waals surface area (Å²) in [5, 5.41) is 70.5. The third kappa shape index (κ3) is 30.7. The van der Waals surface area contributed by atoms with Gasteiger partial charge in [-0.15, -0.1) is 0 Å². The van der Waals surface area contributed by atoms with Crippen molar-refractivity contribution >= 4 is 65.1 Å². The number of nitrogens with one attached hydrogen (secondary N) is 1. The minimum atomic E-state index is -1.96. The molecule has 0 aromatic heterocycles. The minimum absolute atomic E-state index is 0.465. The molecule has 0 amide bonds. The van der Waals surface area contributed by atoms with Gasteiger partial charge in [-0.05, 0) is 0 Å². The highest BCUT2D eigenvalue weighted by Gasteiger charge is 2.18. The van der Waals surface area contributed by atoms with Crippen LogP contribution in [-0.2, 0) is 52.7 Å². The molecule has 0 heterocycles. The zero-order valence-corrected chi connectivity index (χ0v) is 19.3. The minimum Gasteiger partial charge on any atom is -0.669 e. The second-order valence-electron chi connectivity index (χ2n) is 6.30. The van der Waals surface area contributed by atoms with Crippen LogP contribution < -0.4 is 26.2 Å². The van der Waals surface area contributed by atoms with Crippen LogP contribution in [0.25, 0.3) is 5.73 Å². The highest BCUT2D eigenvalue weighted by atomic mass is 16.4. The molecule has 0 saturated carbocycles. The Morgan fingerprint density at radius 1 is 0.590 bits per heavy atom. The average molecular weight is 568 g/mol. The van der Waals surface area contributed by atoms with Gasteiger partial charge in [0.05, 0.1) is 18.8 Å².